The maximum absolute atomic E-state index is 12.8. The van der Waals surface area contributed by atoms with Crippen LogP contribution >= 0.6 is 0 Å². The molecule has 0 atom stereocenters. The van der Waals surface area contributed by atoms with Gasteiger partial charge >= 0.3 is 0 Å². The Hall–Kier alpha value is -3.17. The Bertz CT molecular complexity index is 1210. The van der Waals surface area contributed by atoms with Crippen LogP contribution in [0.3, 0.4) is 0 Å². The van der Waals surface area contributed by atoms with Crippen molar-refractivity contribution < 1.29 is 22.4 Å². The molecule has 0 saturated carbocycles. The van der Waals surface area contributed by atoms with Gasteiger partial charge in [0, 0.05) is 24.0 Å². The lowest BCUT2D eigenvalue weighted by Gasteiger charge is -2.25. The Morgan fingerprint density at radius 3 is 2.30 bits per heavy atom. The van der Waals surface area contributed by atoms with Gasteiger partial charge in [0.15, 0.2) is 0 Å². The molecule has 3 aromatic rings. The number of anilines is 1. The minimum atomic E-state index is -3.58. The number of carbonyl (C=O) groups excluding carboxylic acids is 2. The number of furan rings is 1. The first-order valence-electron chi connectivity index (χ1n) is 9.61. The monoisotopic (exact) mass is 427 g/mol. The normalized spacial score (nSPS) is 15.2. The van der Waals surface area contributed by atoms with E-state index in [9.17, 15) is 18.0 Å². The molecule has 1 aliphatic heterocycles. The van der Waals surface area contributed by atoms with E-state index in [1.165, 1.54) is 28.6 Å². The summed E-state index contributed by atoms with van der Waals surface area (Å²) in [6.07, 6.45) is 2.72. The lowest BCUT2D eigenvalue weighted by Crippen LogP contribution is -2.35. The van der Waals surface area contributed by atoms with Crippen LogP contribution in [0.1, 0.15) is 40.2 Å². The largest absolute Gasteiger partial charge is 0.449 e. The number of benzene rings is 2. The minimum absolute atomic E-state index is 0.145. The van der Waals surface area contributed by atoms with Crippen molar-refractivity contribution >= 4 is 38.5 Å². The van der Waals surface area contributed by atoms with Crippen LogP contribution in [0.4, 0.5) is 5.69 Å². The number of carbonyl (C=O) groups is 2. The highest BCUT2D eigenvalue weighted by Crippen LogP contribution is 2.31. The molecule has 1 saturated heterocycles. The standard InChI is InChI=1S/C21H21N3O5S/c22-20(25)19-18(16-6-2-3-7-17(16)29-19)23-21(26)14-8-10-15(11-9-14)30(27,28)24-12-4-1-5-13-24/h2-3,6-11H,1,4-5,12-13H2,(H2,22,25)(H,23,26). The number of piperidine rings is 1. The van der Waals surface area contributed by atoms with Gasteiger partial charge in [-0.3, -0.25) is 9.59 Å². The maximum atomic E-state index is 12.8. The second-order valence-corrected chi connectivity index (χ2v) is 9.05. The molecule has 0 radical (unpaired) electrons. The molecule has 3 N–H and O–H groups in total. The van der Waals surface area contributed by atoms with Crippen molar-refractivity contribution in [1.29, 1.82) is 0 Å². The molecule has 8 nitrogen and oxygen atoms in total. The second kappa shape index (κ2) is 7.92. The Morgan fingerprint density at radius 1 is 0.967 bits per heavy atom. The molecule has 4 rings (SSSR count). The summed E-state index contributed by atoms with van der Waals surface area (Å²) in [7, 11) is -3.58. The van der Waals surface area contributed by atoms with Crippen LogP contribution in [-0.2, 0) is 10.0 Å². The SMILES string of the molecule is NC(=O)c1oc2ccccc2c1NC(=O)c1ccc(S(=O)(=O)N2CCCCC2)cc1. The molecule has 0 bridgehead atoms. The van der Waals surface area contributed by atoms with Crippen molar-refractivity contribution in [3.63, 3.8) is 0 Å². The maximum Gasteiger partial charge on any atom is 0.286 e. The van der Waals surface area contributed by atoms with Gasteiger partial charge in [-0.25, -0.2) is 8.42 Å². The Morgan fingerprint density at radius 2 is 1.63 bits per heavy atom. The van der Waals surface area contributed by atoms with E-state index in [1.807, 2.05) is 0 Å². The zero-order valence-electron chi connectivity index (χ0n) is 16.1. The predicted molar refractivity (Wildman–Crippen MR) is 112 cm³/mol. The van der Waals surface area contributed by atoms with E-state index in [0.29, 0.717) is 24.1 Å². The first kappa shape index (κ1) is 20.1. The fourth-order valence-corrected chi connectivity index (χ4v) is 5.08. The number of hydrogen-bond donors (Lipinski definition) is 2. The van der Waals surface area contributed by atoms with Crippen molar-refractivity contribution in [3.05, 3.63) is 59.9 Å². The lowest BCUT2D eigenvalue weighted by atomic mass is 10.2. The number of hydrogen-bond acceptors (Lipinski definition) is 5. The highest BCUT2D eigenvalue weighted by molar-refractivity contribution is 7.89. The van der Waals surface area contributed by atoms with Crippen LogP contribution in [0.15, 0.2) is 57.8 Å². The summed E-state index contributed by atoms with van der Waals surface area (Å²) < 4.78 is 32.4. The topological polar surface area (TPSA) is 123 Å². The van der Waals surface area contributed by atoms with Gasteiger partial charge < -0.3 is 15.5 Å². The average molecular weight is 427 g/mol. The molecular weight excluding hydrogens is 406 g/mol. The lowest BCUT2D eigenvalue weighted by molar-refractivity contribution is 0.0977. The van der Waals surface area contributed by atoms with Gasteiger partial charge in [-0.15, -0.1) is 0 Å². The van der Waals surface area contributed by atoms with E-state index in [2.05, 4.69) is 5.32 Å². The Balaban J connectivity index is 1.59. The molecule has 1 aromatic heterocycles. The molecule has 0 spiro atoms. The highest BCUT2D eigenvalue weighted by atomic mass is 32.2. The van der Waals surface area contributed by atoms with Gasteiger partial charge in [0.1, 0.15) is 11.3 Å². The van der Waals surface area contributed by atoms with Gasteiger partial charge in [0.25, 0.3) is 11.8 Å². The fourth-order valence-electron chi connectivity index (χ4n) is 3.56. The first-order chi connectivity index (χ1) is 14.4. The van der Waals surface area contributed by atoms with Crippen LogP contribution in [0.5, 0.6) is 0 Å². The summed E-state index contributed by atoms with van der Waals surface area (Å²) in [4.78, 5) is 24.6. The zero-order valence-corrected chi connectivity index (χ0v) is 16.9. The first-order valence-corrected chi connectivity index (χ1v) is 11.0. The molecule has 2 heterocycles. The van der Waals surface area contributed by atoms with E-state index >= 15 is 0 Å². The van der Waals surface area contributed by atoms with Crippen molar-refractivity contribution in [2.75, 3.05) is 18.4 Å². The van der Waals surface area contributed by atoms with E-state index < -0.39 is 21.8 Å². The van der Waals surface area contributed by atoms with Crippen molar-refractivity contribution in [2.45, 2.75) is 24.2 Å². The number of nitrogens with two attached hydrogens (primary N) is 1. The van der Waals surface area contributed by atoms with Crippen LogP contribution < -0.4 is 11.1 Å². The van der Waals surface area contributed by atoms with E-state index in [4.69, 9.17) is 10.2 Å². The van der Waals surface area contributed by atoms with Crippen LogP contribution in [-0.4, -0.2) is 37.6 Å². The van der Waals surface area contributed by atoms with Gasteiger partial charge in [0.05, 0.1) is 4.90 Å². The molecule has 0 aliphatic carbocycles. The Kier molecular flexibility index (Phi) is 5.31. The summed E-state index contributed by atoms with van der Waals surface area (Å²) in [5.74, 6) is -1.45. The molecule has 30 heavy (non-hydrogen) atoms. The van der Waals surface area contributed by atoms with Crippen LogP contribution in [0.2, 0.25) is 0 Å². The molecule has 1 fully saturated rings. The number of rotatable bonds is 5. The Labute approximate surface area is 173 Å². The summed E-state index contributed by atoms with van der Waals surface area (Å²) in [5.41, 5.74) is 6.23. The summed E-state index contributed by atoms with van der Waals surface area (Å²) in [6.45, 7) is 1.02. The number of para-hydroxylation sites is 1. The summed E-state index contributed by atoms with van der Waals surface area (Å²) in [5, 5.41) is 3.20. The third-order valence-corrected chi connectivity index (χ3v) is 7.04. The molecule has 9 heteroatoms. The summed E-state index contributed by atoms with van der Waals surface area (Å²) in [6, 6.07) is 12.6. The van der Waals surface area contributed by atoms with Gasteiger partial charge in [-0.05, 0) is 49.2 Å². The molecule has 2 aromatic carbocycles. The third-order valence-electron chi connectivity index (χ3n) is 5.13. The minimum Gasteiger partial charge on any atom is -0.449 e. The van der Waals surface area contributed by atoms with Crippen molar-refractivity contribution in [1.82, 2.24) is 4.31 Å². The number of fused-ring (bicyclic) bond motifs is 1. The molecule has 156 valence electrons. The van der Waals surface area contributed by atoms with Gasteiger partial charge in [0.2, 0.25) is 15.8 Å². The predicted octanol–water partition coefficient (Wildman–Crippen LogP) is 2.96. The average Bonchev–Trinajstić information content (AvgIpc) is 3.13. The number of sulfonamides is 1. The summed E-state index contributed by atoms with van der Waals surface area (Å²) >= 11 is 0. The number of amides is 2. The molecular formula is C21H21N3O5S. The van der Waals surface area contributed by atoms with Gasteiger partial charge in [-0.1, -0.05) is 18.6 Å². The quantitative estimate of drug-likeness (QED) is 0.648. The van der Waals surface area contributed by atoms with Crippen LogP contribution in [0, 0.1) is 0 Å². The van der Waals surface area contributed by atoms with Crippen LogP contribution in [0.25, 0.3) is 11.0 Å². The van der Waals surface area contributed by atoms with E-state index in [1.54, 1.807) is 24.3 Å². The highest BCUT2D eigenvalue weighted by Gasteiger charge is 2.26. The number of nitrogens with zero attached hydrogens (tertiary/aromatic N) is 1. The number of nitrogens with one attached hydrogen (secondary N) is 1. The zero-order chi connectivity index (χ0) is 21.3. The molecule has 1 aliphatic rings. The molecule has 0 unspecified atom stereocenters. The van der Waals surface area contributed by atoms with Crippen molar-refractivity contribution in [3.8, 4) is 0 Å². The smallest absolute Gasteiger partial charge is 0.286 e. The van der Waals surface area contributed by atoms with E-state index in [0.717, 1.165) is 19.3 Å². The molecule has 2 amide bonds. The van der Waals surface area contributed by atoms with Crippen molar-refractivity contribution in [2.24, 2.45) is 5.73 Å². The second-order valence-electron chi connectivity index (χ2n) is 7.11. The van der Waals surface area contributed by atoms with E-state index in [-0.39, 0.29) is 21.9 Å². The fraction of sp³-hybridized carbons (Fsp3) is 0.238. The number of primary amides is 1. The van der Waals surface area contributed by atoms with Gasteiger partial charge in [-0.2, -0.15) is 4.31 Å². The third kappa shape index (κ3) is 3.69.